The smallest absolute Gasteiger partial charge is 0.224 e. The van der Waals surface area contributed by atoms with Crippen LogP contribution in [0.5, 0.6) is 0 Å². The summed E-state index contributed by atoms with van der Waals surface area (Å²) in [6, 6.07) is 10.1. The van der Waals surface area contributed by atoms with Gasteiger partial charge < -0.3 is 15.2 Å². The van der Waals surface area contributed by atoms with Crippen LogP contribution in [0.15, 0.2) is 30.3 Å². The lowest BCUT2D eigenvalue weighted by molar-refractivity contribution is -0.314. The molecule has 1 aromatic carbocycles. The minimum atomic E-state index is -1.04. The molecule has 2 aliphatic rings. The number of nitrogens with one attached hydrogen (secondary N) is 1. The topological polar surface area (TPSA) is 69.2 Å². The Morgan fingerprint density at radius 1 is 1.09 bits per heavy atom. The molecule has 0 heterocycles. The number of benzene rings is 1. The van der Waals surface area contributed by atoms with E-state index in [1.807, 2.05) is 18.2 Å². The first-order valence-electron chi connectivity index (χ1n) is 8.19. The van der Waals surface area contributed by atoms with E-state index in [2.05, 4.69) is 17.4 Å². The molecule has 3 rings (SSSR count). The van der Waals surface area contributed by atoms with Gasteiger partial charge in [0.1, 0.15) is 0 Å². The molecule has 2 fully saturated rings. The molecule has 0 unspecified atom stereocenters. The minimum absolute atomic E-state index is 0.0885. The fourth-order valence-electron chi connectivity index (χ4n) is 4.27. The standard InChI is InChI=1S/C18H23NO3/c20-17(19-10-4-7-12-5-2-1-3-6-12)15-13-8-9-14(11-13)16(15)18(21)22/h1-3,5-6,13-16H,4,7-11H2,(H,19,20)(H,21,22)/p-1/t13-,14+,15+,16+/m1/s1. The van der Waals surface area contributed by atoms with Crippen molar-refractivity contribution < 1.29 is 14.7 Å². The molecule has 118 valence electrons. The van der Waals surface area contributed by atoms with Crippen molar-refractivity contribution >= 4 is 11.9 Å². The number of carbonyl (C=O) groups is 2. The van der Waals surface area contributed by atoms with E-state index >= 15 is 0 Å². The van der Waals surface area contributed by atoms with Crippen molar-refractivity contribution in [2.45, 2.75) is 32.1 Å². The van der Waals surface area contributed by atoms with Gasteiger partial charge in [-0.1, -0.05) is 30.3 Å². The molecular formula is C18H22NO3-. The highest BCUT2D eigenvalue weighted by Gasteiger charge is 2.51. The van der Waals surface area contributed by atoms with Crippen LogP contribution in [0, 0.1) is 23.7 Å². The van der Waals surface area contributed by atoms with Crippen molar-refractivity contribution in [1.82, 2.24) is 5.32 Å². The summed E-state index contributed by atoms with van der Waals surface area (Å²) in [5.74, 6) is -1.70. The highest BCUT2D eigenvalue weighted by Crippen LogP contribution is 2.52. The van der Waals surface area contributed by atoms with Crippen LogP contribution in [0.3, 0.4) is 0 Å². The zero-order chi connectivity index (χ0) is 15.5. The fraction of sp³-hybridized carbons (Fsp3) is 0.556. The Balaban J connectivity index is 1.48. The van der Waals surface area contributed by atoms with E-state index in [0.29, 0.717) is 6.54 Å². The van der Waals surface area contributed by atoms with Crippen LogP contribution in [0.2, 0.25) is 0 Å². The molecular weight excluding hydrogens is 278 g/mol. The van der Waals surface area contributed by atoms with Gasteiger partial charge in [-0.25, -0.2) is 0 Å². The number of aliphatic carboxylic acids is 1. The van der Waals surface area contributed by atoms with Gasteiger partial charge in [0.2, 0.25) is 5.91 Å². The lowest BCUT2D eigenvalue weighted by atomic mass is 9.78. The summed E-state index contributed by atoms with van der Waals surface area (Å²) in [5.41, 5.74) is 1.25. The second kappa shape index (κ2) is 6.51. The number of carboxylic acids is 1. The molecule has 0 saturated heterocycles. The van der Waals surface area contributed by atoms with Crippen molar-refractivity contribution in [3.63, 3.8) is 0 Å². The van der Waals surface area contributed by atoms with Crippen molar-refractivity contribution in [2.24, 2.45) is 23.7 Å². The summed E-state index contributed by atoms with van der Waals surface area (Å²) in [4.78, 5) is 23.7. The van der Waals surface area contributed by atoms with Gasteiger partial charge in [0.25, 0.3) is 0 Å². The Bertz CT molecular complexity index is 543. The molecule has 0 aliphatic heterocycles. The summed E-state index contributed by atoms with van der Waals surface area (Å²) in [6.45, 7) is 0.599. The molecule has 0 spiro atoms. The minimum Gasteiger partial charge on any atom is -0.550 e. The van der Waals surface area contributed by atoms with Crippen LogP contribution in [-0.4, -0.2) is 18.4 Å². The molecule has 1 aromatic rings. The molecule has 2 bridgehead atoms. The first-order valence-corrected chi connectivity index (χ1v) is 8.19. The molecule has 4 atom stereocenters. The third-order valence-electron chi connectivity index (χ3n) is 5.28. The zero-order valence-electron chi connectivity index (χ0n) is 12.7. The van der Waals surface area contributed by atoms with E-state index in [-0.39, 0.29) is 23.7 Å². The molecule has 1 N–H and O–H groups in total. The van der Waals surface area contributed by atoms with Crippen molar-refractivity contribution in [2.75, 3.05) is 6.54 Å². The highest BCUT2D eigenvalue weighted by molar-refractivity contribution is 5.85. The predicted octanol–water partition coefficient (Wildman–Crippen LogP) is 1.15. The zero-order valence-corrected chi connectivity index (χ0v) is 12.7. The number of carboxylic acid groups (broad SMARTS) is 1. The number of carbonyl (C=O) groups excluding carboxylic acids is 2. The Kier molecular flexibility index (Phi) is 4.46. The summed E-state index contributed by atoms with van der Waals surface area (Å²) in [6.07, 6.45) is 4.58. The monoisotopic (exact) mass is 300 g/mol. The number of fused-ring (bicyclic) bond motifs is 2. The van der Waals surface area contributed by atoms with Gasteiger partial charge in [-0.3, -0.25) is 4.79 Å². The average molecular weight is 300 g/mol. The second-order valence-corrected chi connectivity index (χ2v) is 6.58. The van der Waals surface area contributed by atoms with Gasteiger partial charge in [-0.2, -0.15) is 0 Å². The van der Waals surface area contributed by atoms with Gasteiger partial charge >= 0.3 is 0 Å². The number of rotatable bonds is 6. The Morgan fingerprint density at radius 2 is 1.77 bits per heavy atom. The molecule has 4 heteroatoms. The fourth-order valence-corrected chi connectivity index (χ4v) is 4.27. The van der Waals surface area contributed by atoms with E-state index < -0.39 is 11.9 Å². The van der Waals surface area contributed by atoms with Crippen LogP contribution in [0.4, 0.5) is 0 Å². The van der Waals surface area contributed by atoms with Crippen LogP contribution in [0.1, 0.15) is 31.2 Å². The van der Waals surface area contributed by atoms with Gasteiger partial charge in [0.15, 0.2) is 0 Å². The molecule has 2 saturated carbocycles. The van der Waals surface area contributed by atoms with Crippen molar-refractivity contribution in [1.29, 1.82) is 0 Å². The molecule has 0 radical (unpaired) electrons. The Morgan fingerprint density at radius 3 is 2.45 bits per heavy atom. The highest BCUT2D eigenvalue weighted by atomic mass is 16.4. The molecule has 1 amide bonds. The quantitative estimate of drug-likeness (QED) is 0.801. The van der Waals surface area contributed by atoms with E-state index in [0.717, 1.165) is 32.1 Å². The number of amides is 1. The normalized spacial score (nSPS) is 29.5. The molecule has 2 aliphatic carbocycles. The van der Waals surface area contributed by atoms with Gasteiger partial charge in [-0.15, -0.1) is 0 Å². The largest absolute Gasteiger partial charge is 0.550 e. The molecule has 4 nitrogen and oxygen atoms in total. The Labute approximate surface area is 130 Å². The van der Waals surface area contributed by atoms with Crippen LogP contribution in [0.25, 0.3) is 0 Å². The maximum Gasteiger partial charge on any atom is 0.224 e. The third-order valence-corrected chi connectivity index (χ3v) is 5.28. The molecule has 0 aromatic heterocycles. The maximum absolute atomic E-state index is 12.4. The van der Waals surface area contributed by atoms with Crippen LogP contribution in [-0.2, 0) is 16.0 Å². The first kappa shape index (κ1) is 15.1. The Hall–Kier alpha value is -1.84. The van der Waals surface area contributed by atoms with Crippen LogP contribution < -0.4 is 10.4 Å². The summed E-state index contributed by atoms with van der Waals surface area (Å²) in [7, 11) is 0. The SMILES string of the molecule is O=C([O-])[C@H]1[C@H]2CC[C@H](C2)[C@@H]1C(=O)NCCCc1ccccc1. The third kappa shape index (κ3) is 3.01. The summed E-state index contributed by atoms with van der Waals surface area (Å²) >= 11 is 0. The summed E-state index contributed by atoms with van der Waals surface area (Å²) < 4.78 is 0. The number of hydrogen-bond donors (Lipinski definition) is 1. The van der Waals surface area contributed by atoms with Gasteiger partial charge in [0, 0.05) is 24.3 Å². The second-order valence-electron chi connectivity index (χ2n) is 6.58. The van der Waals surface area contributed by atoms with Crippen LogP contribution >= 0.6 is 0 Å². The van der Waals surface area contributed by atoms with Crippen molar-refractivity contribution in [3.8, 4) is 0 Å². The maximum atomic E-state index is 12.4. The summed E-state index contributed by atoms with van der Waals surface area (Å²) in [5, 5.41) is 14.3. The number of hydrogen-bond acceptors (Lipinski definition) is 3. The van der Waals surface area contributed by atoms with E-state index in [1.165, 1.54) is 5.56 Å². The number of aryl methyl sites for hydroxylation is 1. The van der Waals surface area contributed by atoms with Gasteiger partial charge in [-0.05, 0) is 49.5 Å². The van der Waals surface area contributed by atoms with E-state index in [4.69, 9.17) is 0 Å². The van der Waals surface area contributed by atoms with E-state index in [9.17, 15) is 14.7 Å². The van der Waals surface area contributed by atoms with E-state index in [1.54, 1.807) is 0 Å². The molecule has 22 heavy (non-hydrogen) atoms. The first-order chi connectivity index (χ1) is 10.7. The van der Waals surface area contributed by atoms with Crippen molar-refractivity contribution in [3.05, 3.63) is 35.9 Å². The predicted molar refractivity (Wildman–Crippen MR) is 80.6 cm³/mol. The lowest BCUT2D eigenvalue weighted by Gasteiger charge is -2.30. The lowest BCUT2D eigenvalue weighted by Crippen LogP contribution is -2.46. The average Bonchev–Trinajstić information content (AvgIpc) is 3.13. The van der Waals surface area contributed by atoms with Gasteiger partial charge in [0.05, 0.1) is 0 Å².